The number of ether oxygens (including phenoxy) is 1. The number of thioether (sulfide) groups is 1. The number of aromatic nitrogens is 1. The highest BCUT2D eigenvalue weighted by molar-refractivity contribution is 7.98. The summed E-state index contributed by atoms with van der Waals surface area (Å²) in [5.41, 5.74) is 0.253. The summed E-state index contributed by atoms with van der Waals surface area (Å²) in [7, 11) is 0. The Morgan fingerprint density at radius 2 is 2.50 bits per heavy atom. The maximum Gasteiger partial charge on any atom is 0.360 e. The van der Waals surface area contributed by atoms with Crippen LogP contribution in [0.3, 0.4) is 0 Å². The van der Waals surface area contributed by atoms with Crippen molar-refractivity contribution in [2.75, 3.05) is 18.6 Å². The fourth-order valence-electron chi connectivity index (χ4n) is 0.935. The number of rotatable bonds is 5. The molecule has 4 nitrogen and oxygen atoms in total. The predicted octanol–water partition coefficient (Wildman–Crippen LogP) is 1.76. The van der Waals surface area contributed by atoms with E-state index in [0.717, 1.165) is 17.9 Å². The lowest BCUT2D eigenvalue weighted by Crippen LogP contribution is -2.04. The number of carbonyl (C=O) groups is 1. The predicted molar refractivity (Wildman–Crippen MR) is 54.5 cm³/mol. The number of nitrogens with zero attached hydrogens (tertiary/aromatic N) is 1. The average molecular weight is 215 g/mol. The fraction of sp³-hybridized carbons (Fsp3) is 0.556. The van der Waals surface area contributed by atoms with E-state index < -0.39 is 5.97 Å². The minimum Gasteiger partial charge on any atom is -0.461 e. The lowest BCUT2D eigenvalue weighted by atomic mass is 10.3. The molecule has 0 amide bonds. The summed E-state index contributed by atoms with van der Waals surface area (Å²) in [5, 5.41) is 3.63. The number of hydrogen-bond donors (Lipinski definition) is 0. The molecule has 0 aliphatic carbocycles. The van der Waals surface area contributed by atoms with Gasteiger partial charge in [0.2, 0.25) is 0 Å². The second kappa shape index (κ2) is 5.70. The van der Waals surface area contributed by atoms with Gasteiger partial charge in [-0.1, -0.05) is 5.16 Å². The van der Waals surface area contributed by atoms with Gasteiger partial charge in [0.1, 0.15) is 5.76 Å². The summed E-state index contributed by atoms with van der Waals surface area (Å²) in [6.07, 6.45) is 2.80. The highest BCUT2D eigenvalue weighted by Crippen LogP contribution is 2.08. The Kier molecular flexibility index (Phi) is 4.52. The van der Waals surface area contributed by atoms with Crippen LogP contribution in [0.5, 0.6) is 0 Å². The van der Waals surface area contributed by atoms with Crippen LogP contribution in [0.15, 0.2) is 10.6 Å². The number of carbonyl (C=O) groups excluding carboxylic acids is 1. The second-order valence-corrected chi connectivity index (χ2v) is 3.63. The van der Waals surface area contributed by atoms with Gasteiger partial charge in [0.05, 0.1) is 6.61 Å². The van der Waals surface area contributed by atoms with E-state index in [9.17, 15) is 4.79 Å². The van der Waals surface area contributed by atoms with Crippen molar-refractivity contribution in [3.05, 3.63) is 17.5 Å². The van der Waals surface area contributed by atoms with Gasteiger partial charge in [0.15, 0.2) is 5.69 Å². The van der Waals surface area contributed by atoms with Gasteiger partial charge in [-0.05, 0) is 13.2 Å². The monoisotopic (exact) mass is 215 g/mol. The van der Waals surface area contributed by atoms with Crippen molar-refractivity contribution in [3.8, 4) is 0 Å². The number of hydrogen-bond acceptors (Lipinski definition) is 5. The second-order valence-electron chi connectivity index (χ2n) is 2.64. The van der Waals surface area contributed by atoms with Crippen LogP contribution in [0.2, 0.25) is 0 Å². The van der Waals surface area contributed by atoms with E-state index >= 15 is 0 Å². The fourth-order valence-corrected chi connectivity index (χ4v) is 1.34. The Morgan fingerprint density at radius 3 is 3.14 bits per heavy atom. The smallest absolute Gasteiger partial charge is 0.360 e. The van der Waals surface area contributed by atoms with Gasteiger partial charge in [-0.25, -0.2) is 4.79 Å². The van der Waals surface area contributed by atoms with Gasteiger partial charge < -0.3 is 9.26 Å². The molecule has 0 aromatic carbocycles. The molecule has 0 aliphatic heterocycles. The van der Waals surface area contributed by atoms with E-state index in [4.69, 9.17) is 9.26 Å². The zero-order valence-electron chi connectivity index (χ0n) is 8.28. The van der Waals surface area contributed by atoms with Crippen LogP contribution in [0, 0.1) is 0 Å². The third kappa shape index (κ3) is 3.06. The van der Waals surface area contributed by atoms with Gasteiger partial charge in [-0.15, -0.1) is 0 Å². The van der Waals surface area contributed by atoms with Gasteiger partial charge in [0.25, 0.3) is 0 Å². The number of aryl methyl sites for hydroxylation is 1. The van der Waals surface area contributed by atoms with Crippen molar-refractivity contribution >= 4 is 17.7 Å². The lowest BCUT2D eigenvalue weighted by Gasteiger charge is -1.94. The molecule has 0 spiro atoms. The molecule has 0 unspecified atom stereocenters. The Morgan fingerprint density at radius 1 is 1.71 bits per heavy atom. The summed E-state index contributed by atoms with van der Waals surface area (Å²) in [6, 6.07) is 1.63. The first-order chi connectivity index (χ1) is 6.77. The SMILES string of the molecule is CCOC(=O)c1cc(CCSC)on1. The maximum absolute atomic E-state index is 11.2. The maximum atomic E-state index is 11.2. The van der Waals surface area contributed by atoms with Crippen molar-refractivity contribution < 1.29 is 14.1 Å². The van der Waals surface area contributed by atoms with Gasteiger partial charge in [-0.2, -0.15) is 11.8 Å². The summed E-state index contributed by atoms with van der Waals surface area (Å²) in [5.74, 6) is 1.26. The molecule has 1 rings (SSSR count). The molecule has 5 heteroatoms. The molecule has 78 valence electrons. The molecule has 0 radical (unpaired) electrons. The van der Waals surface area contributed by atoms with Gasteiger partial charge >= 0.3 is 5.97 Å². The van der Waals surface area contributed by atoms with E-state index in [1.165, 1.54) is 0 Å². The number of esters is 1. The third-order valence-electron chi connectivity index (χ3n) is 1.60. The van der Waals surface area contributed by atoms with Crippen molar-refractivity contribution in [2.45, 2.75) is 13.3 Å². The van der Waals surface area contributed by atoms with Crippen LogP contribution in [0.4, 0.5) is 0 Å². The molecule has 1 aromatic rings. The normalized spacial score (nSPS) is 10.1. The largest absolute Gasteiger partial charge is 0.461 e. The first-order valence-corrected chi connectivity index (χ1v) is 5.79. The van der Waals surface area contributed by atoms with E-state index in [-0.39, 0.29) is 5.69 Å². The Bertz CT molecular complexity index is 298. The summed E-state index contributed by atoms with van der Waals surface area (Å²) >= 11 is 1.72. The van der Waals surface area contributed by atoms with E-state index in [1.54, 1.807) is 24.8 Å². The van der Waals surface area contributed by atoms with Gasteiger partial charge in [0, 0.05) is 18.2 Å². The van der Waals surface area contributed by atoms with Crippen molar-refractivity contribution in [1.82, 2.24) is 5.16 Å². The first-order valence-electron chi connectivity index (χ1n) is 4.39. The Labute approximate surface area is 87.0 Å². The quantitative estimate of drug-likeness (QED) is 0.700. The molecular formula is C9H13NO3S. The van der Waals surface area contributed by atoms with Crippen LogP contribution in [-0.4, -0.2) is 29.7 Å². The molecule has 14 heavy (non-hydrogen) atoms. The zero-order valence-corrected chi connectivity index (χ0v) is 9.10. The Balaban J connectivity index is 2.54. The molecule has 1 heterocycles. The van der Waals surface area contributed by atoms with Crippen LogP contribution < -0.4 is 0 Å². The van der Waals surface area contributed by atoms with Crippen molar-refractivity contribution in [2.24, 2.45) is 0 Å². The molecule has 0 bridgehead atoms. The zero-order chi connectivity index (χ0) is 10.4. The first kappa shape index (κ1) is 11.1. The molecule has 0 saturated carbocycles. The average Bonchev–Trinajstić information content (AvgIpc) is 2.63. The summed E-state index contributed by atoms with van der Waals surface area (Å²) in [4.78, 5) is 11.2. The van der Waals surface area contributed by atoms with Crippen LogP contribution in [-0.2, 0) is 11.2 Å². The topological polar surface area (TPSA) is 52.3 Å². The van der Waals surface area contributed by atoms with Crippen molar-refractivity contribution in [1.29, 1.82) is 0 Å². The minimum absolute atomic E-state index is 0.253. The molecule has 0 aliphatic rings. The van der Waals surface area contributed by atoms with Crippen LogP contribution in [0.1, 0.15) is 23.2 Å². The Hall–Kier alpha value is -0.970. The summed E-state index contributed by atoms with van der Waals surface area (Å²) < 4.78 is 9.75. The van der Waals surface area contributed by atoms with E-state index in [0.29, 0.717) is 6.61 Å². The standard InChI is InChI=1S/C9H13NO3S/c1-3-12-9(11)8-6-7(13-10-8)4-5-14-2/h6H,3-5H2,1-2H3. The molecule has 0 N–H and O–H groups in total. The minimum atomic E-state index is -0.424. The molecule has 0 saturated heterocycles. The van der Waals surface area contributed by atoms with Crippen LogP contribution >= 0.6 is 11.8 Å². The van der Waals surface area contributed by atoms with Crippen molar-refractivity contribution in [3.63, 3.8) is 0 Å². The van der Waals surface area contributed by atoms with Crippen LogP contribution in [0.25, 0.3) is 0 Å². The molecule has 1 aromatic heterocycles. The highest BCUT2D eigenvalue weighted by Gasteiger charge is 2.12. The highest BCUT2D eigenvalue weighted by atomic mass is 32.2. The lowest BCUT2D eigenvalue weighted by molar-refractivity contribution is 0.0514. The van der Waals surface area contributed by atoms with E-state index in [1.807, 2.05) is 6.26 Å². The molecule has 0 fully saturated rings. The molecular weight excluding hydrogens is 202 g/mol. The van der Waals surface area contributed by atoms with E-state index in [2.05, 4.69) is 5.16 Å². The molecule has 0 atom stereocenters. The summed E-state index contributed by atoms with van der Waals surface area (Å²) in [6.45, 7) is 2.11. The third-order valence-corrected chi connectivity index (χ3v) is 2.21. The van der Waals surface area contributed by atoms with Gasteiger partial charge in [-0.3, -0.25) is 0 Å².